The van der Waals surface area contributed by atoms with Crippen LogP contribution in [0.5, 0.6) is 0 Å². The molecule has 0 radical (unpaired) electrons. The molecule has 2 rings (SSSR count). The van der Waals surface area contributed by atoms with E-state index in [-0.39, 0.29) is 5.41 Å². The average molecular weight is 253 g/mol. The first kappa shape index (κ1) is 13.8. The highest BCUT2D eigenvalue weighted by atomic mass is 14.8. The van der Waals surface area contributed by atoms with Gasteiger partial charge in [-0.3, -0.25) is 4.99 Å². The number of hydrogen-bond donors (Lipinski definition) is 0. The molecule has 2 aromatic rings. The van der Waals surface area contributed by atoms with E-state index in [1.807, 2.05) is 0 Å². The number of nitrogens with zero attached hydrogens (tertiary/aromatic N) is 1. The van der Waals surface area contributed by atoms with Crippen molar-refractivity contribution < 1.29 is 0 Å². The van der Waals surface area contributed by atoms with E-state index in [2.05, 4.69) is 77.1 Å². The van der Waals surface area contributed by atoms with Crippen molar-refractivity contribution in [1.82, 2.24) is 0 Å². The van der Waals surface area contributed by atoms with Gasteiger partial charge >= 0.3 is 0 Å². The summed E-state index contributed by atoms with van der Waals surface area (Å²) in [6.07, 6.45) is 0. The topological polar surface area (TPSA) is 12.4 Å². The Labute approximate surface area is 116 Å². The second-order valence-corrected chi connectivity index (χ2v) is 6.40. The van der Waals surface area contributed by atoms with Crippen LogP contribution in [0.3, 0.4) is 0 Å². The smallest absolute Gasteiger partial charge is 0.0707 e. The van der Waals surface area contributed by atoms with Gasteiger partial charge in [0.05, 0.1) is 5.69 Å². The second-order valence-electron chi connectivity index (χ2n) is 6.40. The number of hydrogen-bond acceptors (Lipinski definition) is 1. The molecule has 0 N–H and O–H groups in total. The first-order chi connectivity index (χ1) is 8.89. The maximum atomic E-state index is 4.97. The lowest BCUT2D eigenvalue weighted by atomic mass is 9.83. The highest BCUT2D eigenvalue weighted by Gasteiger charge is 2.22. The standard InChI is InChI=1S/C18H23N/c1-13(2)17(18(3,4)5)19-16-12-8-10-14-9-6-7-11-15(14)16/h6-13H,1-5H3. The molecule has 1 heteroatoms. The largest absolute Gasteiger partial charge is 0.256 e. The van der Waals surface area contributed by atoms with E-state index in [0.29, 0.717) is 5.92 Å². The molecule has 0 heterocycles. The Balaban J connectivity index is 2.61. The van der Waals surface area contributed by atoms with Crippen LogP contribution < -0.4 is 0 Å². The van der Waals surface area contributed by atoms with Gasteiger partial charge in [-0.25, -0.2) is 0 Å². The van der Waals surface area contributed by atoms with E-state index < -0.39 is 0 Å². The molecular formula is C18H23N. The van der Waals surface area contributed by atoms with Crippen molar-refractivity contribution in [2.75, 3.05) is 0 Å². The molecule has 0 amide bonds. The third kappa shape index (κ3) is 3.04. The molecule has 0 atom stereocenters. The number of rotatable bonds is 2. The van der Waals surface area contributed by atoms with Crippen LogP contribution >= 0.6 is 0 Å². The van der Waals surface area contributed by atoms with Crippen LogP contribution in [0.2, 0.25) is 0 Å². The number of aliphatic imine (C=N–C) groups is 1. The Kier molecular flexibility index (Phi) is 3.75. The van der Waals surface area contributed by atoms with Gasteiger partial charge in [0.15, 0.2) is 0 Å². The van der Waals surface area contributed by atoms with Crippen LogP contribution in [-0.4, -0.2) is 5.71 Å². The van der Waals surface area contributed by atoms with Gasteiger partial charge in [-0.2, -0.15) is 0 Å². The van der Waals surface area contributed by atoms with Gasteiger partial charge in [0.25, 0.3) is 0 Å². The highest BCUT2D eigenvalue weighted by molar-refractivity contribution is 5.98. The summed E-state index contributed by atoms with van der Waals surface area (Å²) in [5.41, 5.74) is 2.44. The van der Waals surface area contributed by atoms with Gasteiger partial charge in [0, 0.05) is 16.5 Å². The summed E-state index contributed by atoms with van der Waals surface area (Å²) in [5.74, 6) is 0.457. The molecule has 0 unspecified atom stereocenters. The summed E-state index contributed by atoms with van der Waals surface area (Å²) in [6, 6.07) is 14.8. The van der Waals surface area contributed by atoms with Gasteiger partial charge in [-0.1, -0.05) is 71.0 Å². The Bertz CT molecular complexity index is 595. The summed E-state index contributed by atoms with van der Waals surface area (Å²) in [4.78, 5) is 4.97. The molecule has 0 spiro atoms. The van der Waals surface area contributed by atoms with E-state index in [0.717, 1.165) is 5.69 Å². The molecule has 0 aliphatic carbocycles. The van der Waals surface area contributed by atoms with Crippen molar-refractivity contribution in [3.63, 3.8) is 0 Å². The van der Waals surface area contributed by atoms with Crippen molar-refractivity contribution in [2.45, 2.75) is 34.6 Å². The summed E-state index contributed by atoms with van der Waals surface area (Å²) in [5, 5.41) is 2.48. The Hall–Kier alpha value is -1.63. The van der Waals surface area contributed by atoms with Crippen molar-refractivity contribution in [3.05, 3.63) is 42.5 Å². The molecular weight excluding hydrogens is 230 g/mol. The summed E-state index contributed by atoms with van der Waals surface area (Å²) >= 11 is 0. The van der Waals surface area contributed by atoms with Crippen LogP contribution in [0.25, 0.3) is 10.8 Å². The first-order valence-electron chi connectivity index (χ1n) is 6.96. The summed E-state index contributed by atoms with van der Waals surface area (Å²) in [6.45, 7) is 11.1. The highest BCUT2D eigenvalue weighted by Crippen LogP contribution is 2.30. The van der Waals surface area contributed by atoms with E-state index in [4.69, 9.17) is 4.99 Å². The zero-order valence-corrected chi connectivity index (χ0v) is 12.6. The monoisotopic (exact) mass is 253 g/mol. The van der Waals surface area contributed by atoms with Crippen LogP contribution in [0.1, 0.15) is 34.6 Å². The van der Waals surface area contributed by atoms with Crippen LogP contribution in [0.4, 0.5) is 5.69 Å². The molecule has 0 aromatic heterocycles. The van der Waals surface area contributed by atoms with E-state index >= 15 is 0 Å². The lowest BCUT2D eigenvalue weighted by Gasteiger charge is -2.25. The predicted molar refractivity (Wildman–Crippen MR) is 85.3 cm³/mol. The maximum absolute atomic E-state index is 4.97. The molecule has 0 bridgehead atoms. The molecule has 19 heavy (non-hydrogen) atoms. The minimum absolute atomic E-state index is 0.102. The quantitative estimate of drug-likeness (QED) is 0.616. The molecule has 100 valence electrons. The fraction of sp³-hybridized carbons (Fsp3) is 0.389. The molecule has 0 saturated carbocycles. The SMILES string of the molecule is CC(C)C(=Nc1cccc2ccccc12)C(C)(C)C. The first-order valence-corrected chi connectivity index (χ1v) is 6.96. The summed E-state index contributed by atoms with van der Waals surface area (Å²) < 4.78 is 0. The Morgan fingerprint density at radius 2 is 1.58 bits per heavy atom. The normalized spacial score (nSPS) is 13.3. The Morgan fingerprint density at radius 3 is 2.21 bits per heavy atom. The van der Waals surface area contributed by atoms with Gasteiger partial charge in [-0.05, 0) is 17.4 Å². The van der Waals surface area contributed by atoms with E-state index in [1.54, 1.807) is 0 Å². The van der Waals surface area contributed by atoms with Gasteiger partial charge in [0.1, 0.15) is 0 Å². The fourth-order valence-electron chi connectivity index (χ4n) is 2.60. The maximum Gasteiger partial charge on any atom is 0.0707 e. The van der Waals surface area contributed by atoms with Crippen molar-refractivity contribution >= 4 is 22.2 Å². The number of fused-ring (bicyclic) bond motifs is 1. The van der Waals surface area contributed by atoms with Gasteiger partial charge in [0.2, 0.25) is 0 Å². The lowest BCUT2D eigenvalue weighted by molar-refractivity contribution is 0.556. The predicted octanol–water partition coefficient (Wildman–Crippen LogP) is 5.61. The van der Waals surface area contributed by atoms with Crippen molar-refractivity contribution in [2.24, 2.45) is 16.3 Å². The number of benzene rings is 2. The molecule has 2 aromatic carbocycles. The Morgan fingerprint density at radius 1 is 0.947 bits per heavy atom. The van der Waals surface area contributed by atoms with Gasteiger partial charge < -0.3 is 0 Å². The van der Waals surface area contributed by atoms with Crippen LogP contribution in [0.15, 0.2) is 47.5 Å². The second kappa shape index (κ2) is 5.16. The zero-order valence-electron chi connectivity index (χ0n) is 12.6. The third-order valence-corrected chi connectivity index (χ3v) is 3.32. The average Bonchev–Trinajstić information content (AvgIpc) is 2.34. The van der Waals surface area contributed by atoms with Crippen molar-refractivity contribution in [1.29, 1.82) is 0 Å². The summed E-state index contributed by atoms with van der Waals surface area (Å²) in [7, 11) is 0. The van der Waals surface area contributed by atoms with Crippen LogP contribution in [0, 0.1) is 11.3 Å². The minimum Gasteiger partial charge on any atom is -0.256 e. The minimum atomic E-state index is 0.102. The lowest BCUT2D eigenvalue weighted by Crippen LogP contribution is -2.25. The van der Waals surface area contributed by atoms with Crippen molar-refractivity contribution in [3.8, 4) is 0 Å². The van der Waals surface area contributed by atoms with E-state index in [1.165, 1.54) is 16.5 Å². The van der Waals surface area contributed by atoms with E-state index in [9.17, 15) is 0 Å². The molecule has 0 aliphatic rings. The third-order valence-electron chi connectivity index (χ3n) is 3.32. The molecule has 0 saturated heterocycles. The fourth-order valence-corrected chi connectivity index (χ4v) is 2.60. The molecule has 1 nitrogen and oxygen atoms in total. The van der Waals surface area contributed by atoms with Crippen LogP contribution in [-0.2, 0) is 0 Å². The van der Waals surface area contributed by atoms with Gasteiger partial charge in [-0.15, -0.1) is 0 Å². The molecule has 0 aliphatic heterocycles. The molecule has 0 fully saturated rings. The zero-order chi connectivity index (χ0) is 14.0.